The van der Waals surface area contributed by atoms with Gasteiger partial charge >= 0.3 is 0 Å². The fraction of sp³-hybridized carbons (Fsp3) is 0.0909. The lowest BCUT2D eigenvalue weighted by Crippen LogP contribution is -2.08. The molecule has 0 N–H and O–H groups in total. The number of benzene rings is 3. The van der Waals surface area contributed by atoms with Gasteiger partial charge in [-0.2, -0.15) is 0 Å². The van der Waals surface area contributed by atoms with Gasteiger partial charge in [-0.25, -0.2) is 4.99 Å². The maximum absolute atomic E-state index is 12.8. The van der Waals surface area contributed by atoms with Gasteiger partial charge in [0.05, 0.1) is 18.4 Å². The standard InChI is InChI=1S/C22H19NO2/c1-16-12-14-18(15-13-16)21(17-8-4-3-5-9-17)23-22(24)19-10-6-7-11-20(19)25-2/h3-15H,1-2H3. The van der Waals surface area contributed by atoms with Crippen molar-refractivity contribution in [3.8, 4) is 5.75 Å². The van der Waals surface area contributed by atoms with Crippen molar-refractivity contribution in [2.45, 2.75) is 6.92 Å². The van der Waals surface area contributed by atoms with Gasteiger partial charge < -0.3 is 4.74 Å². The number of nitrogens with zero attached hydrogens (tertiary/aromatic N) is 1. The molecule has 1 amide bonds. The lowest BCUT2D eigenvalue weighted by Gasteiger charge is -2.09. The maximum atomic E-state index is 12.8. The van der Waals surface area contributed by atoms with Crippen LogP contribution < -0.4 is 4.74 Å². The zero-order chi connectivity index (χ0) is 17.6. The normalized spacial score (nSPS) is 11.2. The average Bonchev–Trinajstić information content (AvgIpc) is 2.67. The van der Waals surface area contributed by atoms with Crippen molar-refractivity contribution in [1.82, 2.24) is 0 Å². The van der Waals surface area contributed by atoms with Gasteiger partial charge in [-0.05, 0) is 19.1 Å². The van der Waals surface area contributed by atoms with Crippen LogP contribution in [0.15, 0.2) is 83.9 Å². The first kappa shape index (κ1) is 16.7. The van der Waals surface area contributed by atoms with Crippen LogP contribution in [-0.4, -0.2) is 18.7 Å². The topological polar surface area (TPSA) is 38.7 Å². The van der Waals surface area contributed by atoms with Crippen molar-refractivity contribution in [2.75, 3.05) is 7.11 Å². The largest absolute Gasteiger partial charge is 0.496 e. The van der Waals surface area contributed by atoms with E-state index in [1.54, 1.807) is 25.3 Å². The molecule has 0 unspecified atom stereocenters. The van der Waals surface area contributed by atoms with E-state index in [-0.39, 0.29) is 5.91 Å². The number of methoxy groups -OCH3 is 1. The summed E-state index contributed by atoms with van der Waals surface area (Å²) in [7, 11) is 1.55. The molecule has 3 nitrogen and oxygen atoms in total. The van der Waals surface area contributed by atoms with Crippen molar-refractivity contribution in [3.63, 3.8) is 0 Å². The monoisotopic (exact) mass is 329 g/mol. The molecule has 124 valence electrons. The zero-order valence-electron chi connectivity index (χ0n) is 14.3. The van der Waals surface area contributed by atoms with Crippen molar-refractivity contribution in [2.24, 2.45) is 4.99 Å². The molecule has 3 heteroatoms. The number of rotatable bonds is 4. The third kappa shape index (κ3) is 3.83. The lowest BCUT2D eigenvalue weighted by atomic mass is 10.0. The van der Waals surface area contributed by atoms with Crippen LogP contribution in [0, 0.1) is 6.92 Å². The third-order valence-electron chi connectivity index (χ3n) is 3.92. The molecule has 0 bridgehead atoms. The summed E-state index contributed by atoms with van der Waals surface area (Å²) in [6.45, 7) is 2.03. The summed E-state index contributed by atoms with van der Waals surface area (Å²) in [4.78, 5) is 17.2. The molecule has 3 aromatic rings. The molecule has 3 rings (SSSR count). The Hall–Kier alpha value is -3.20. The minimum atomic E-state index is -0.322. The molecule has 0 aromatic heterocycles. The lowest BCUT2D eigenvalue weighted by molar-refractivity contribution is 0.1000. The van der Waals surface area contributed by atoms with Crippen LogP contribution in [0.25, 0.3) is 0 Å². The predicted octanol–water partition coefficient (Wildman–Crippen LogP) is 4.68. The van der Waals surface area contributed by atoms with Gasteiger partial charge in [0.2, 0.25) is 0 Å². The Labute approximate surface area is 147 Å². The Balaban J connectivity index is 2.09. The van der Waals surface area contributed by atoms with E-state index in [1.807, 2.05) is 67.6 Å². The Morgan fingerprint density at radius 1 is 0.800 bits per heavy atom. The van der Waals surface area contributed by atoms with E-state index < -0.39 is 0 Å². The Bertz CT molecular complexity index is 897. The highest BCUT2D eigenvalue weighted by atomic mass is 16.5. The highest BCUT2D eigenvalue weighted by Gasteiger charge is 2.14. The molecule has 0 saturated carbocycles. The molecule has 0 heterocycles. The predicted molar refractivity (Wildman–Crippen MR) is 101 cm³/mol. The number of hydrogen-bond acceptors (Lipinski definition) is 2. The molecule has 0 aliphatic heterocycles. The van der Waals surface area contributed by atoms with Crippen LogP contribution in [0.1, 0.15) is 27.0 Å². The van der Waals surface area contributed by atoms with E-state index in [0.29, 0.717) is 17.0 Å². The van der Waals surface area contributed by atoms with Gasteiger partial charge in [0, 0.05) is 11.1 Å². The first-order valence-electron chi connectivity index (χ1n) is 8.07. The van der Waals surface area contributed by atoms with Gasteiger partial charge in [0.25, 0.3) is 5.91 Å². The van der Waals surface area contributed by atoms with Crippen molar-refractivity contribution < 1.29 is 9.53 Å². The van der Waals surface area contributed by atoms with Gasteiger partial charge in [-0.1, -0.05) is 72.3 Å². The summed E-state index contributed by atoms with van der Waals surface area (Å²) in [5.41, 5.74) is 4.06. The highest BCUT2D eigenvalue weighted by Crippen LogP contribution is 2.20. The number of hydrogen-bond donors (Lipinski definition) is 0. The second kappa shape index (κ2) is 7.58. The number of ether oxygens (including phenoxy) is 1. The van der Waals surface area contributed by atoms with Crippen LogP contribution in [0.4, 0.5) is 0 Å². The summed E-state index contributed by atoms with van der Waals surface area (Å²) in [6.07, 6.45) is 0. The van der Waals surface area contributed by atoms with E-state index in [2.05, 4.69) is 4.99 Å². The zero-order valence-corrected chi connectivity index (χ0v) is 14.3. The van der Waals surface area contributed by atoms with Crippen LogP contribution in [-0.2, 0) is 0 Å². The fourth-order valence-corrected chi connectivity index (χ4v) is 2.59. The third-order valence-corrected chi connectivity index (χ3v) is 3.92. The minimum Gasteiger partial charge on any atom is -0.496 e. The second-order valence-corrected chi connectivity index (χ2v) is 5.70. The van der Waals surface area contributed by atoms with Gasteiger partial charge in [-0.3, -0.25) is 4.79 Å². The summed E-state index contributed by atoms with van der Waals surface area (Å²) in [5.74, 6) is 0.199. The van der Waals surface area contributed by atoms with Crippen molar-refractivity contribution >= 4 is 11.6 Å². The number of aryl methyl sites for hydroxylation is 1. The van der Waals surface area contributed by atoms with Crippen LogP contribution in [0.5, 0.6) is 5.75 Å². The molecule has 0 spiro atoms. The molecule has 0 radical (unpaired) electrons. The van der Waals surface area contributed by atoms with Crippen molar-refractivity contribution in [1.29, 1.82) is 0 Å². The van der Waals surface area contributed by atoms with E-state index >= 15 is 0 Å². The number of para-hydroxylation sites is 1. The average molecular weight is 329 g/mol. The van der Waals surface area contributed by atoms with Gasteiger partial charge in [0.1, 0.15) is 5.75 Å². The first-order chi connectivity index (χ1) is 12.2. The van der Waals surface area contributed by atoms with E-state index in [1.165, 1.54) is 0 Å². The Morgan fingerprint density at radius 2 is 1.40 bits per heavy atom. The number of carbonyl (C=O) groups excluding carboxylic acids is 1. The molecule has 0 fully saturated rings. The molecular formula is C22H19NO2. The fourth-order valence-electron chi connectivity index (χ4n) is 2.59. The summed E-state index contributed by atoms with van der Waals surface area (Å²) < 4.78 is 5.29. The Kier molecular flexibility index (Phi) is 5.05. The minimum absolute atomic E-state index is 0.322. The second-order valence-electron chi connectivity index (χ2n) is 5.70. The highest BCUT2D eigenvalue weighted by molar-refractivity contribution is 6.19. The molecule has 3 aromatic carbocycles. The summed E-state index contributed by atoms with van der Waals surface area (Å²) >= 11 is 0. The number of amides is 1. The molecule has 0 saturated heterocycles. The van der Waals surface area contributed by atoms with E-state index in [9.17, 15) is 4.79 Å². The van der Waals surface area contributed by atoms with Crippen molar-refractivity contribution in [3.05, 3.63) is 101 Å². The SMILES string of the molecule is COc1ccccc1C(=O)N=C(c1ccccc1)c1ccc(C)cc1. The Morgan fingerprint density at radius 3 is 2.08 bits per heavy atom. The number of carbonyl (C=O) groups is 1. The molecular weight excluding hydrogens is 310 g/mol. The van der Waals surface area contributed by atoms with E-state index in [4.69, 9.17) is 4.74 Å². The van der Waals surface area contributed by atoms with E-state index in [0.717, 1.165) is 16.7 Å². The number of aliphatic imine (C=N–C) groups is 1. The summed E-state index contributed by atoms with van der Waals surface area (Å²) in [5, 5.41) is 0. The van der Waals surface area contributed by atoms with Crippen LogP contribution in [0.2, 0.25) is 0 Å². The first-order valence-corrected chi connectivity index (χ1v) is 8.07. The molecule has 0 aliphatic carbocycles. The van der Waals surface area contributed by atoms with Crippen LogP contribution >= 0.6 is 0 Å². The maximum Gasteiger partial charge on any atom is 0.281 e. The molecule has 0 atom stereocenters. The van der Waals surface area contributed by atoms with Gasteiger partial charge in [0.15, 0.2) is 0 Å². The molecule has 25 heavy (non-hydrogen) atoms. The molecule has 0 aliphatic rings. The smallest absolute Gasteiger partial charge is 0.281 e. The van der Waals surface area contributed by atoms with Gasteiger partial charge in [-0.15, -0.1) is 0 Å². The quantitative estimate of drug-likeness (QED) is 0.652. The summed E-state index contributed by atoms with van der Waals surface area (Å²) in [6, 6.07) is 24.8. The van der Waals surface area contributed by atoms with Crippen LogP contribution in [0.3, 0.4) is 0 Å².